The van der Waals surface area contributed by atoms with E-state index in [1.807, 2.05) is 26.0 Å². The van der Waals surface area contributed by atoms with Crippen LogP contribution >= 0.6 is 0 Å². The van der Waals surface area contributed by atoms with E-state index in [4.69, 9.17) is 18.9 Å². The second-order valence-electron chi connectivity index (χ2n) is 6.26. The molecule has 0 bridgehead atoms. The summed E-state index contributed by atoms with van der Waals surface area (Å²) in [7, 11) is 6.39. The number of hydrogen-bond donors (Lipinski definition) is 0. The molecule has 3 rings (SSSR count). The SMILES string of the molecule is CC.COC1=CC2=C(CC(OC)=C1OC)c1ccc(OC)c(=O)cc1CCC2. The van der Waals surface area contributed by atoms with Crippen LogP contribution in [0.3, 0.4) is 0 Å². The highest BCUT2D eigenvalue weighted by Crippen LogP contribution is 2.39. The van der Waals surface area contributed by atoms with Gasteiger partial charge in [-0.2, -0.15) is 0 Å². The summed E-state index contributed by atoms with van der Waals surface area (Å²) in [4.78, 5) is 12.4. The van der Waals surface area contributed by atoms with E-state index in [1.165, 1.54) is 12.7 Å². The van der Waals surface area contributed by atoms with Gasteiger partial charge in [0.1, 0.15) is 5.76 Å². The number of allylic oxidation sites excluding steroid dienone is 3. The molecule has 0 fully saturated rings. The van der Waals surface area contributed by atoms with Crippen LogP contribution in [0.25, 0.3) is 5.57 Å². The van der Waals surface area contributed by atoms with Gasteiger partial charge in [0.15, 0.2) is 17.3 Å². The Morgan fingerprint density at radius 3 is 2.25 bits per heavy atom. The van der Waals surface area contributed by atoms with E-state index in [1.54, 1.807) is 33.5 Å². The van der Waals surface area contributed by atoms with Crippen LogP contribution in [0.2, 0.25) is 0 Å². The van der Waals surface area contributed by atoms with Gasteiger partial charge in [-0.25, -0.2) is 0 Å². The van der Waals surface area contributed by atoms with E-state index < -0.39 is 0 Å². The molecule has 152 valence electrons. The summed E-state index contributed by atoms with van der Waals surface area (Å²) >= 11 is 0. The Hall–Kier alpha value is -2.69. The zero-order chi connectivity index (χ0) is 20.7. The van der Waals surface area contributed by atoms with E-state index >= 15 is 0 Å². The minimum Gasteiger partial charge on any atom is -0.497 e. The maximum atomic E-state index is 12.4. The zero-order valence-corrected chi connectivity index (χ0v) is 17.7. The molecular weight excluding hydrogens is 356 g/mol. The average molecular weight is 386 g/mol. The number of methoxy groups -OCH3 is 4. The van der Waals surface area contributed by atoms with Crippen LogP contribution in [0.5, 0.6) is 5.75 Å². The van der Waals surface area contributed by atoms with Crippen LogP contribution in [0, 0.1) is 0 Å². The highest BCUT2D eigenvalue weighted by Gasteiger charge is 2.25. The lowest BCUT2D eigenvalue weighted by atomic mass is 9.95. The summed E-state index contributed by atoms with van der Waals surface area (Å²) < 4.78 is 21.9. The fourth-order valence-corrected chi connectivity index (χ4v) is 3.62. The van der Waals surface area contributed by atoms with Crippen LogP contribution in [0.4, 0.5) is 0 Å². The second kappa shape index (κ2) is 10.0. The summed E-state index contributed by atoms with van der Waals surface area (Å²) in [5.41, 5.74) is 4.30. The zero-order valence-electron chi connectivity index (χ0n) is 17.7. The molecule has 0 N–H and O–H groups in total. The maximum absolute atomic E-state index is 12.4. The van der Waals surface area contributed by atoms with E-state index in [0.717, 1.165) is 36.0 Å². The second-order valence-corrected chi connectivity index (χ2v) is 6.26. The summed E-state index contributed by atoms with van der Waals surface area (Å²) in [6.45, 7) is 4.00. The third-order valence-electron chi connectivity index (χ3n) is 4.91. The molecule has 2 aliphatic carbocycles. The smallest absolute Gasteiger partial charge is 0.220 e. The topological polar surface area (TPSA) is 54.0 Å². The van der Waals surface area contributed by atoms with Gasteiger partial charge in [0.25, 0.3) is 0 Å². The van der Waals surface area contributed by atoms with Crippen molar-refractivity contribution >= 4 is 5.57 Å². The third-order valence-corrected chi connectivity index (χ3v) is 4.91. The largest absolute Gasteiger partial charge is 0.497 e. The molecule has 0 unspecified atom stereocenters. The van der Waals surface area contributed by atoms with Gasteiger partial charge in [0, 0.05) is 6.42 Å². The van der Waals surface area contributed by atoms with Gasteiger partial charge in [0.05, 0.1) is 28.4 Å². The number of aryl methyl sites for hydroxylation is 1. The fraction of sp³-hybridized carbons (Fsp3) is 0.435. The molecule has 0 saturated heterocycles. The predicted octanol–water partition coefficient (Wildman–Crippen LogP) is 4.61. The van der Waals surface area contributed by atoms with Crippen molar-refractivity contribution in [2.75, 3.05) is 28.4 Å². The Kier molecular flexibility index (Phi) is 7.73. The van der Waals surface area contributed by atoms with Crippen molar-refractivity contribution in [2.24, 2.45) is 0 Å². The number of rotatable bonds is 4. The molecule has 0 amide bonds. The first-order valence-electron chi connectivity index (χ1n) is 9.63. The molecule has 1 aromatic rings. The van der Waals surface area contributed by atoms with Crippen molar-refractivity contribution < 1.29 is 18.9 Å². The molecular formula is C23H30O5. The summed E-state index contributed by atoms with van der Waals surface area (Å²) in [5.74, 6) is 2.31. The molecule has 5 nitrogen and oxygen atoms in total. The first kappa shape index (κ1) is 21.6. The minimum atomic E-state index is -0.0976. The fourth-order valence-electron chi connectivity index (χ4n) is 3.62. The standard InChI is InChI=1S/C21H24O5.C2H6/c1-23-18-9-8-15-13(10-17(18)22)6-5-7-14-11-19(24-2)21(26-4)20(25-3)12-16(14)15;1-2/h8-11H,5-7,12H2,1-4H3;1-2H3. The van der Waals surface area contributed by atoms with E-state index in [2.05, 4.69) is 0 Å². The highest BCUT2D eigenvalue weighted by atomic mass is 16.5. The van der Waals surface area contributed by atoms with Crippen LogP contribution < -0.4 is 10.2 Å². The molecule has 1 aromatic carbocycles. The van der Waals surface area contributed by atoms with E-state index in [-0.39, 0.29) is 5.43 Å². The summed E-state index contributed by atoms with van der Waals surface area (Å²) in [5, 5.41) is 0. The Bertz CT molecular complexity index is 862. The van der Waals surface area contributed by atoms with Crippen LogP contribution in [0.1, 0.15) is 44.2 Å². The van der Waals surface area contributed by atoms with Gasteiger partial charge >= 0.3 is 0 Å². The van der Waals surface area contributed by atoms with Crippen molar-refractivity contribution in [3.05, 3.63) is 68.5 Å². The van der Waals surface area contributed by atoms with Crippen LogP contribution in [0.15, 0.2) is 51.9 Å². The molecule has 0 saturated carbocycles. The molecule has 0 spiro atoms. The van der Waals surface area contributed by atoms with Gasteiger partial charge in [-0.3, -0.25) is 4.79 Å². The number of ether oxygens (including phenoxy) is 4. The lowest BCUT2D eigenvalue weighted by molar-refractivity contribution is 0.184. The monoisotopic (exact) mass is 386 g/mol. The first-order chi connectivity index (χ1) is 13.6. The lowest BCUT2D eigenvalue weighted by Crippen LogP contribution is -2.03. The molecule has 0 atom stereocenters. The van der Waals surface area contributed by atoms with Crippen molar-refractivity contribution in [1.29, 1.82) is 0 Å². The molecule has 0 aliphatic heterocycles. The third kappa shape index (κ3) is 4.24. The molecule has 0 heterocycles. The number of hydrogen-bond acceptors (Lipinski definition) is 5. The van der Waals surface area contributed by atoms with Crippen molar-refractivity contribution in [3.8, 4) is 5.75 Å². The Labute approximate surface area is 167 Å². The summed E-state index contributed by atoms with van der Waals surface area (Å²) in [6, 6.07) is 5.42. The van der Waals surface area contributed by atoms with Crippen LogP contribution in [-0.4, -0.2) is 28.4 Å². The summed E-state index contributed by atoms with van der Waals surface area (Å²) in [6.07, 6.45) is 5.30. The normalized spacial score (nSPS) is 15.7. The maximum Gasteiger partial charge on any atom is 0.220 e. The van der Waals surface area contributed by atoms with E-state index in [9.17, 15) is 4.79 Å². The van der Waals surface area contributed by atoms with Crippen molar-refractivity contribution in [1.82, 2.24) is 0 Å². The highest BCUT2D eigenvalue weighted by molar-refractivity contribution is 5.76. The quantitative estimate of drug-likeness (QED) is 0.756. The van der Waals surface area contributed by atoms with Gasteiger partial charge in [-0.1, -0.05) is 19.9 Å². The Morgan fingerprint density at radius 2 is 1.64 bits per heavy atom. The molecule has 2 aliphatic rings. The van der Waals surface area contributed by atoms with Crippen molar-refractivity contribution in [2.45, 2.75) is 39.5 Å². The predicted molar refractivity (Wildman–Crippen MR) is 111 cm³/mol. The Morgan fingerprint density at radius 1 is 0.893 bits per heavy atom. The number of fused-ring (bicyclic) bond motifs is 2. The molecule has 28 heavy (non-hydrogen) atoms. The first-order valence-corrected chi connectivity index (χ1v) is 9.63. The van der Waals surface area contributed by atoms with Gasteiger partial charge in [-0.05, 0) is 59.7 Å². The van der Waals surface area contributed by atoms with Gasteiger partial charge in [-0.15, -0.1) is 0 Å². The molecule has 5 heteroatoms. The lowest BCUT2D eigenvalue weighted by Gasteiger charge is -2.14. The van der Waals surface area contributed by atoms with Crippen LogP contribution in [-0.2, 0) is 20.6 Å². The van der Waals surface area contributed by atoms with Gasteiger partial charge < -0.3 is 18.9 Å². The molecule has 0 radical (unpaired) electrons. The molecule has 0 aromatic heterocycles. The minimum absolute atomic E-state index is 0.0976. The van der Waals surface area contributed by atoms with Gasteiger partial charge in [0.2, 0.25) is 5.43 Å². The van der Waals surface area contributed by atoms with Crippen molar-refractivity contribution in [3.63, 3.8) is 0 Å². The average Bonchev–Trinajstić information content (AvgIpc) is 3.05. The Balaban J connectivity index is 0.00000136. The van der Waals surface area contributed by atoms with E-state index in [0.29, 0.717) is 29.4 Å².